The first-order chi connectivity index (χ1) is 14.1. The molecule has 156 valence electrons. The number of fused-ring (bicyclic) bond motifs is 10. The zero-order valence-electron chi connectivity index (χ0n) is 17.6. The average Bonchev–Trinajstić information content (AvgIpc) is 3.25. The van der Waals surface area contributed by atoms with Crippen LogP contribution in [0.1, 0.15) is 51.4 Å². The lowest BCUT2D eigenvalue weighted by atomic mass is 9.82. The number of hydrogen-bond donors (Lipinski definition) is 0. The van der Waals surface area contributed by atoms with Gasteiger partial charge < -0.3 is 9.47 Å². The number of carbonyl (C=O) groups excluding carboxylic acids is 2. The molecule has 0 N–H and O–H groups in total. The first-order valence-electron chi connectivity index (χ1n) is 12.0. The summed E-state index contributed by atoms with van der Waals surface area (Å²) in [6.45, 7) is 0. The maximum absolute atomic E-state index is 12.9. The Balaban J connectivity index is 1.27. The number of esters is 2. The predicted molar refractivity (Wildman–Crippen MR) is 105 cm³/mol. The summed E-state index contributed by atoms with van der Waals surface area (Å²) in [7, 11) is 2.84. The fraction of sp³-hybridized carbons (Fsp3) is 0.840. The minimum absolute atomic E-state index is 0.376. The van der Waals surface area contributed by atoms with Gasteiger partial charge in [-0.2, -0.15) is 0 Å². The van der Waals surface area contributed by atoms with Crippen molar-refractivity contribution in [2.24, 2.45) is 64.6 Å². The highest BCUT2D eigenvalue weighted by atomic mass is 16.5. The minimum atomic E-state index is -1.11. The Bertz CT molecular complexity index is 742. The van der Waals surface area contributed by atoms with E-state index in [9.17, 15) is 9.59 Å². The molecular weight excluding hydrogens is 364 g/mol. The van der Waals surface area contributed by atoms with Crippen LogP contribution in [0, 0.1) is 64.6 Å². The van der Waals surface area contributed by atoms with Crippen LogP contribution in [-0.2, 0) is 19.1 Å². The zero-order chi connectivity index (χ0) is 19.7. The molecule has 7 aliphatic rings. The van der Waals surface area contributed by atoms with Gasteiger partial charge in [-0.25, -0.2) is 0 Å². The van der Waals surface area contributed by atoms with Gasteiger partial charge in [0.15, 0.2) is 5.41 Å². The van der Waals surface area contributed by atoms with Crippen molar-refractivity contribution in [3.63, 3.8) is 0 Å². The lowest BCUT2D eigenvalue weighted by molar-refractivity contribution is -0.168. The second-order valence-corrected chi connectivity index (χ2v) is 11.5. The maximum Gasteiger partial charge on any atom is 0.323 e. The Labute approximate surface area is 172 Å². The summed E-state index contributed by atoms with van der Waals surface area (Å²) in [6.07, 6.45) is 9.64. The van der Waals surface area contributed by atoms with Gasteiger partial charge in [-0.3, -0.25) is 9.59 Å². The van der Waals surface area contributed by atoms with Crippen molar-refractivity contribution in [2.75, 3.05) is 14.2 Å². The van der Waals surface area contributed by atoms with Gasteiger partial charge >= 0.3 is 11.9 Å². The fourth-order valence-electron chi connectivity index (χ4n) is 9.95. The van der Waals surface area contributed by atoms with E-state index in [0.29, 0.717) is 24.7 Å². The summed E-state index contributed by atoms with van der Waals surface area (Å²) >= 11 is 0. The first kappa shape index (κ1) is 17.4. The van der Waals surface area contributed by atoms with Gasteiger partial charge in [0.05, 0.1) is 14.2 Å². The topological polar surface area (TPSA) is 52.6 Å². The number of methoxy groups -OCH3 is 2. The van der Waals surface area contributed by atoms with Crippen molar-refractivity contribution >= 4 is 11.9 Å². The molecule has 0 spiro atoms. The van der Waals surface area contributed by atoms with Gasteiger partial charge in [0.25, 0.3) is 0 Å². The van der Waals surface area contributed by atoms with E-state index in [1.165, 1.54) is 63.9 Å². The second kappa shape index (κ2) is 5.48. The smallest absolute Gasteiger partial charge is 0.323 e. The standard InChI is InChI=1S/C25H32O4/c1-28-23(26)25(24(27)29-2)9-15(21-17-11-3-4-12(7-11)18(17)21)16(10-25)22-19-13-5-6-14(8-13)20(19)22/h11-14,17-22H,3-10H2,1-2H3. The highest BCUT2D eigenvalue weighted by Crippen LogP contribution is 2.77. The highest BCUT2D eigenvalue weighted by Gasteiger charge is 2.72. The quantitative estimate of drug-likeness (QED) is 0.410. The molecule has 0 aromatic rings. The van der Waals surface area contributed by atoms with Crippen LogP contribution in [0.2, 0.25) is 0 Å². The molecule has 0 aromatic carbocycles. The third-order valence-electron chi connectivity index (χ3n) is 10.8. The van der Waals surface area contributed by atoms with Crippen LogP contribution in [0.15, 0.2) is 11.1 Å². The Morgan fingerprint density at radius 2 is 1.03 bits per heavy atom. The molecule has 0 amide bonds. The molecule has 0 radical (unpaired) electrons. The van der Waals surface area contributed by atoms with E-state index in [2.05, 4.69) is 0 Å². The number of hydrogen-bond acceptors (Lipinski definition) is 4. The summed E-state index contributed by atoms with van der Waals surface area (Å²) in [5.74, 6) is 7.59. The monoisotopic (exact) mass is 396 g/mol. The molecule has 29 heavy (non-hydrogen) atoms. The summed E-state index contributed by atoms with van der Waals surface area (Å²) in [5, 5.41) is 0. The van der Waals surface area contributed by atoms with Crippen molar-refractivity contribution in [1.29, 1.82) is 0 Å². The molecule has 0 aliphatic heterocycles. The number of rotatable bonds is 4. The van der Waals surface area contributed by atoms with Crippen molar-refractivity contribution in [2.45, 2.75) is 51.4 Å². The predicted octanol–water partition coefficient (Wildman–Crippen LogP) is 3.99. The van der Waals surface area contributed by atoms with E-state index in [-0.39, 0.29) is 11.9 Å². The van der Waals surface area contributed by atoms with Crippen LogP contribution in [0.4, 0.5) is 0 Å². The number of ether oxygens (including phenoxy) is 2. The van der Waals surface area contributed by atoms with E-state index in [0.717, 1.165) is 47.3 Å². The molecular formula is C25H32O4. The Hall–Kier alpha value is -1.32. The summed E-state index contributed by atoms with van der Waals surface area (Å²) in [4.78, 5) is 25.9. The first-order valence-corrected chi connectivity index (χ1v) is 12.0. The fourth-order valence-corrected chi connectivity index (χ4v) is 9.95. The van der Waals surface area contributed by atoms with Crippen molar-refractivity contribution in [1.82, 2.24) is 0 Å². The molecule has 4 nitrogen and oxygen atoms in total. The Morgan fingerprint density at radius 3 is 1.34 bits per heavy atom. The third-order valence-corrected chi connectivity index (χ3v) is 10.8. The maximum atomic E-state index is 12.9. The molecule has 0 aromatic heterocycles. The lowest BCUT2D eigenvalue weighted by Crippen LogP contribution is -2.39. The van der Waals surface area contributed by atoms with Crippen LogP contribution in [0.25, 0.3) is 0 Å². The van der Waals surface area contributed by atoms with E-state index in [4.69, 9.17) is 9.47 Å². The van der Waals surface area contributed by atoms with Crippen LogP contribution < -0.4 is 0 Å². The summed E-state index contributed by atoms with van der Waals surface area (Å²) in [6, 6.07) is 0. The summed E-state index contributed by atoms with van der Waals surface area (Å²) < 4.78 is 10.4. The van der Waals surface area contributed by atoms with Gasteiger partial charge in [0.1, 0.15) is 0 Å². The van der Waals surface area contributed by atoms with Crippen molar-refractivity contribution in [3.8, 4) is 0 Å². The van der Waals surface area contributed by atoms with Crippen LogP contribution >= 0.6 is 0 Å². The van der Waals surface area contributed by atoms with Gasteiger partial charge in [0.2, 0.25) is 0 Å². The molecule has 0 heterocycles. The Morgan fingerprint density at radius 1 is 0.690 bits per heavy atom. The van der Waals surface area contributed by atoms with Gasteiger partial charge in [-0.15, -0.1) is 0 Å². The number of carbonyl (C=O) groups is 2. The lowest BCUT2D eigenvalue weighted by Gasteiger charge is -2.24. The highest BCUT2D eigenvalue weighted by molar-refractivity contribution is 6.01. The van der Waals surface area contributed by atoms with E-state index < -0.39 is 5.41 Å². The zero-order valence-corrected chi connectivity index (χ0v) is 17.6. The molecule has 4 bridgehead atoms. The van der Waals surface area contributed by atoms with Crippen LogP contribution in [0.5, 0.6) is 0 Å². The molecule has 8 atom stereocenters. The molecule has 0 saturated heterocycles. The van der Waals surface area contributed by atoms with E-state index in [1.807, 2.05) is 0 Å². The molecule has 6 fully saturated rings. The summed E-state index contributed by atoms with van der Waals surface area (Å²) in [5.41, 5.74) is 1.93. The van der Waals surface area contributed by atoms with Gasteiger partial charge in [-0.1, -0.05) is 11.1 Å². The molecule has 7 rings (SSSR count). The largest absolute Gasteiger partial charge is 0.468 e. The van der Waals surface area contributed by atoms with Crippen molar-refractivity contribution in [3.05, 3.63) is 11.1 Å². The second-order valence-electron chi connectivity index (χ2n) is 11.5. The third kappa shape index (κ3) is 1.98. The molecule has 7 aliphatic carbocycles. The van der Waals surface area contributed by atoms with Gasteiger partial charge in [0, 0.05) is 0 Å². The normalized spacial score (nSPS) is 51.8. The molecule has 6 saturated carbocycles. The Kier molecular flexibility index (Phi) is 3.28. The average molecular weight is 397 g/mol. The molecule has 8 unspecified atom stereocenters. The SMILES string of the molecule is COC(=O)C1(C(=O)OC)CC(C2C3C4CCC(C4)C23)=C(C2C3C4CCC(C4)C23)C1. The molecule has 4 heteroatoms. The van der Waals surface area contributed by atoms with Crippen molar-refractivity contribution < 1.29 is 19.1 Å². The van der Waals surface area contributed by atoms with E-state index in [1.54, 1.807) is 0 Å². The van der Waals surface area contributed by atoms with Crippen LogP contribution in [0.3, 0.4) is 0 Å². The van der Waals surface area contributed by atoms with Gasteiger partial charge in [-0.05, 0) is 111 Å². The van der Waals surface area contributed by atoms with Crippen LogP contribution in [-0.4, -0.2) is 26.2 Å². The minimum Gasteiger partial charge on any atom is -0.468 e. The number of allylic oxidation sites excluding steroid dienone is 2. The van der Waals surface area contributed by atoms with E-state index >= 15 is 0 Å².